The van der Waals surface area contributed by atoms with Crippen molar-refractivity contribution in [2.24, 2.45) is 0 Å². The highest BCUT2D eigenvalue weighted by Crippen LogP contribution is 2.33. The van der Waals surface area contributed by atoms with Crippen LogP contribution in [-0.2, 0) is 6.42 Å². The number of aliphatic hydroxyl groups is 1. The highest BCUT2D eigenvalue weighted by molar-refractivity contribution is 5.34. The highest BCUT2D eigenvalue weighted by Gasteiger charge is 2.24. The van der Waals surface area contributed by atoms with Crippen LogP contribution in [0.25, 0.3) is 0 Å². The van der Waals surface area contributed by atoms with E-state index in [1.165, 1.54) is 16.7 Å². The maximum absolute atomic E-state index is 9.33. The van der Waals surface area contributed by atoms with Gasteiger partial charge in [0.25, 0.3) is 0 Å². The number of aryl methyl sites for hydroxylation is 1. The van der Waals surface area contributed by atoms with Crippen LogP contribution in [0.2, 0.25) is 0 Å². The summed E-state index contributed by atoms with van der Waals surface area (Å²) < 4.78 is 0. The quantitative estimate of drug-likeness (QED) is 0.870. The molecule has 0 aliphatic heterocycles. The second-order valence-corrected chi connectivity index (χ2v) is 5.43. The van der Waals surface area contributed by atoms with Crippen LogP contribution in [0.15, 0.2) is 54.6 Å². The molecule has 3 rings (SSSR count). The van der Waals surface area contributed by atoms with Crippen LogP contribution in [0.4, 0.5) is 0 Å². The summed E-state index contributed by atoms with van der Waals surface area (Å²) in [4.78, 5) is 0. The van der Waals surface area contributed by atoms with E-state index in [2.05, 4.69) is 53.8 Å². The molecule has 0 amide bonds. The molecule has 1 aliphatic carbocycles. The summed E-state index contributed by atoms with van der Waals surface area (Å²) in [5.41, 5.74) is 4.14. The molecule has 2 nitrogen and oxygen atoms in total. The fourth-order valence-corrected chi connectivity index (χ4v) is 3.13. The molecule has 1 unspecified atom stereocenters. The summed E-state index contributed by atoms with van der Waals surface area (Å²) in [6.07, 6.45) is 3.05. The Hall–Kier alpha value is -1.64. The molecule has 0 aromatic heterocycles. The van der Waals surface area contributed by atoms with E-state index in [1.54, 1.807) is 0 Å². The smallest absolute Gasteiger partial charge is 0.0449 e. The van der Waals surface area contributed by atoms with Crippen LogP contribution in [0, 0.1) is 0 Å². The predicted molar refractivity (Wildman–Crippen MR) is 81.5 cm³/mol. The van der Waals surface area contributed by atoms with Crippen LogP contribution in [0.5, 0.6) is 0 Å². The molecule has 20 heavy (non-hydrogen) atoms. The molecule has 0 saturated heterocycles. The first-order chi connectivity index (χ1) is 9.88. The SMILES string of the molecule is OCC[C@@H](NC1CCc2ccccc21)c1ccccc1. The van der Waals surface area contributed by atoms with Gasteiger partial charge in [-0.25, -0.2) is 0 Å². The van der Waals surface area contributed by atoms with Crippen molar-refractivity contribution in [2.75, 3.05) is 6.61 Å². The van der Waals surface area contributed by atoms with Gasteiger partial charge in [-0.15, -0.1) is 0 Å². The summed E-state index contributed by atoms with van der Waals surface area (Å²) in [7, 11) is 0. The van der Waals surface area contributed by atoms with E-state index in [0.717, 1.165) is 19.3 Å². The van der Waals surface area contributed by atoms with Crippen LogP contribution >= 0.6 is 0 Å². The second kappa shape index (κ2) is 6.21. The molecule has 2 heteroatoms. The van der Waals surface area contributed by atoms with Gasteiger partial charge in [0.15, 0.2) is 0 Å². The van der Waals surface area contributed by atoms with Crippen LogP contribution in [0.1, 0.15) is 41.6 Å². The molecule has 2 aromatic carbocycles. The summed E-state index contributed by atoms with van der Waals surface area (Å²) in [6.45, 7) is 0.209. The number of rotatable bonds is 5. The fourth-order valence-electron chi connectivity index (χ4n) is 3.13. The number of hydrogen-bond donors (Lipinski definition) is 2. The van der Waals surface area contributed by atoms with Gasteiger partial charge in [-0.1, -0.05) is 54.6 Å². The van der Waals surface area contributed by atoms with E-state index in [-0.39, 0.29) is 12.6 Å². The Balaban J connectivity index is 1.78. The molecule has 104 valence electrons. The minimum atomic E-state index is 0.209. The zero-order valence-corrected chi connectivity index (χ0v) is 11.6. The topological polar surface area (TPSA) is 32.3 Å². The van der Waals surface area contributed by atoms with Crippen LogP contribution in [-0.4, -0.2) is 11.7 Å². The maximum Gasteiger partial charge on any atom is 0.0449 e. The normalized spacial score (nSPS) is 18.8. The molecule has 0 fully saturated rings. The molecule has 1 aliphatic rings. The minimum absolute atomic E-state index is 0.209. The van der Waals surface area contributed by atoms with E-state index < -0.39 is 0 Å². The number of hydrogen-bond acceptors (Lipinski definition) is 2. The van der Waals surface area contributed by atoms with Crippen LogP contribution < -0.4 is 5.32 Å². The third-order valence-corrected chi connectivity index (χ3v) is 4.15. The summed E-state index contributed by atoms with van der Waals surface area (Å²) in [5.74, 6) is 0. The Kier molecular flexibility index (Phi) is 4.14. The largest absolute Gasteiger partial charge is 0.396 e. The molecular formula is C18H21NO. The lowest BCUT2D eigenvalue weighted by atomic mass is 10.0. The van der Waals surface area contributed by atoms with E-state index in [0.29, 0.717) is 6.04 Å². The average molecular weight is 267 g/mol. The molecule has 2 aromatic rings. The minimum Gasteiger partial charge on any atom is -0.396 e. The number of nitrogens with one attached hydrogen (secondary N) is 1. The van der Waals surface area contributed by atoms with E-state index >= 15 is 0 Å². The monoisotopic (exact) mass is 267 g/mol. The molecule has 2 atom stereocenters. The third-order valence-electron chi connectivity index (χ3n) is 4.15. The first-order valence-electron chi connectivity index (χ1n) is 7.38. The van der Waals surface area contributed by atoms with Gasteiger partial charge in [0, 0.05) is 18.7 Å². The molecular weight excluding hydrogens is 246 g/mol. The number of aliphatic hydroxyl groups excluding tert-OH is 1. The van der Waals surface area contributed by atoms with Gasteiger partial charge >= 0.3 is 0 Å². The van der Waals surface area contributed by atoms with Gasteiger partial charge in [-0.2, -0.15) is 0 Å². The summed E-state index contributed by atoms with van der Waals surface area (Å²) in [6, 6.07) is 19.7. The molecule has 2 N–H and O–H groups in total. The Morgan fingerprint density at radius 1 is 1.05 bits per heavy atom. The van der Waals surface area contributed by atoms with Gasteiger partial charge < -0.3 is 10.4 Å². The van der Waals surface area contributed by atoms with Gasteiger partial charge in [-0.3, -0.25) is 0 Å². The van der Waals surface area contributed by atoms with E-state index in [4.69, 9.17) is 0 Å². The Morgan fingerprint density at radius 2 is 1.80 bits per heavy atom. The lowest BCUT2D eigenvalue weighted by Crippen LogP contribution is -2.26. The first kappa shape index (κ1) is 13.3. The lowest BCUT2D eigenvalue weighted by molar-refractivity contribution is 0.258. The van der Waals surface area contributed by atoms with Gasteiger partial charge in [0.2, 0.25) is 0 Å². The van der Waals surface area contributed by atoms with Crippen LogP contribution in [0.3, 0.4) is 0 Å². The average Bonchev–Trinajstić information content (AvgIpc) is 2.91. The maximum atomic E-state index is 9.33. The predicted octanol–water partition coefficient (Wildman–Crippen LogP) is 3.39. The molecule has 0 saturated carbocycles. The van der Waals surface area contributed by atoms with Crippen molar-refractivity contribution in [2.45, 2.75) is 31.3 Å². The summed E-state index contributed by atoms with van der Waals surface area (Å²) in [5, 5.41) is 13.1. The highest BCUT2D eigenvalue weighted by atomic mass is 16.3. The van der Waals surface area contributed by atoms with Crippen molar-refractivity contribution >= 4 is 0 Å². The fraction of sp³-hybridized carbons (Fsp3) is 0.333. The van der Waals surface area contributed by atoms with Crippen molar-refractivity contribution in [3.63, 3.8) is 0 Å². The Labute approximate surface area is 120 Å². The molecule has 0 bridgehead atoms. The van der Waals surface area contributed by atoms with Crippen molar-refractivity contribution < 1.29 is 5.11 Å². The van der Waals surface area contributed by atoms with Crippen molar-refractivity contribution in [3.8, 4) is 0 Å². The molecule has 0 heterocycles. The molecule has 0 radical (unpaired) electrons. The number of fused-ring (bicyclic) bond motifs is 1. The Morgan fingerprint density at radius 3 is 2.60 bits per heavy atom. The third kappa shape index (κ3) is 2.77. The zero-order valence-electron chi connectivity index (χ0n) is 11.6. The van der Waals surface area contributed by atoms with Crippen molar-refractivity contribution in [1.82, 2.24) is 5.32 Å². The standard InChI is InChI=1S/C18H21NO/c20-13-12-17(15-7-2-1-3-8-15)19-18-11-10-14-6-4-5-9-16(14)18/h1-9,17-20H,10-13H2/t17-,18?/m1/s1. The van der Waals surface area contributed by atoms with Crippen molar-refractivity contribution in [3.05, 3.63) is 71.3 Å². The number of benzene rings is 2. The van der Waals surface area contributed by atoms with Gasteiger partial charge in [0.05, 0.1) is 0 Å². The first-order valence-corrected chi connectivity index (χ1v) is 7.38. The lowest BCUT2D eigenvalue weighted by Gasteiger charge is -2.23. The Bertz CT molecular complexity index is 552. The summed E-state index contributed by atoms with van der Waals surface area (Å²) >= 11 is 0. The van der Waals surface area contributed by atoms with Gasteiger partial charge in [0.1, 0.15) is 0 Å². The van der Waals surface area contributed by atoms with E-state index in [1.807, 2.05) is 6.07 Å². The van der Waals surface area contributed by atoms with Crippen molar-refractivity contribution in [1.29, 1.82) is 0 Å². The van der Waals surface area contributed by atoms with Gasteiger partial charge in [-0.05, 0) is 36.0 Å². The molecule has 0 spiro atoms. The van der Waals surface area contributed by atoms with E-state index in [9.17, 15) is 5.11 Å². The second-order valence-electron chi connectivity index (χ2n) is 5.43. The zero-order chi connectivity index (χ0) is 13.8.